The summed E-state index contributed by atoms with van der Waals surface area (Å²) in [5.41, 5.74) is 1.93. The summed E-state index contributed by atoms with van der Waals surface area (Å²) in [6, 6.07) is 16.5. The number of aliphatic carboxylic acids is 1. The highest BCUT2D eigenvalue weighted by Crippen LogP contribution is 2.28. The summed E-state index contributed by atoms with van der Waals surface area (Å²) in [5, 5.41) is 18.1. The summed E-state index contributed by atoms with van der Waals surface area (Å²) in [4.78, 5) is 11.2. The molecule has 4 nitrogen and oxygen atoms in total. The molecular weight excluding hydrogens is 302 g/mol. The molecule has 1 unspecified atom stereocenters. The van der Waals surface area contributed by atoms with E-state index in [0.29, 0.717) is 23.5 Å². The number of halogens is 1. The van der Waals surface area contributed by atoms with E-state index in [9.17, 15) is 9.90 Å². The minimum atomic E-state index is -0.949. The number of hydrogen-bond donors (Lipinski definition) is 1. The maximum Gasteiger partial charge on any atom is 0.310 e. The maximum atomic E-state index is 11.2. The average molecular weight is 318 g/mol. The van der Waals surface area contributed by atoms with Crippen molar-refractivity contribution in [2.75, 3.05) is 0 Å². The molecule has 0 aromatic heterocycles. The van der Waals surface area contributed by atoms with Crippen LogP contribution in [0.25, 0.3) is 0 Å². The number of carboxylic acid groups (broad SMARTS) is 1. The molecule has 0 aliphatic carbocycles. The predicted octanol–water partition coefficient (Wildman–Crippen LogP) is 3.75. The zero-order chi connectivity index (χ0) is 15.2. The van der Waals surface area contributed by atoms with E-state index in [4.69, 9.17) is 10.00 Å². The molecule has 2 aromatic carbocycles. The van der Waals surface area contributed by atoms with Crippen molar-refractivity contribution in [3.8, 4) is 11.8 Å². The summed E-state index contributed by atoms with van der Waals surface area (Å²) in [6.45, 7) is 1.93. The summed E-state index contributed by atoms with van der Waals surface area (Å²) in [5.74, 6) is -1.19. The maximum absolute atomic E-state index is 11.2. The van der Waals surface area contributed by atoms with Gasteiger partial charge in [-0.15, -0.1) is 12.4 Å². The number of rotatable bonds is 5. The lowest BCUT2D eigenvalue weighted by Gasteiger charge is -2.14. The standard InChI is InChI=1S/C17H15NO3.ClH/c1-12(17(19)20)15-9-14(10-18)7-8-16(15)21-11-13-5-3-2-4-6-13;/h2-9,12H,11H2,1H3,(H,19,20);1H. The molecule has 1 N–H and O–H groups in total. The Morgan fingerprint density at radius 2 is 1.95 bits per heavy atom. The monoisotopic (exact) mass is 317 g/mol. The first-order chi connectivity index (χ1) is 10.1. The van der Waals surface area contributed by atoms with E-state index in [0.717, 1.165) is 5.56 Å². The van der Waals surface area contributed by atoms with Gasteiger partial charge < -0.3 is 9.84 Å². The topological polar surface area (TPSA) is 70.3 Å². The van der Waals surface area contributed by atoms with E-state index < -0.39 is 11.9 Å². The Morgan fingerprint density at radius 1 is 1.27 bits per heavy atom. The molecule has 0 radical (unpaired) electrons. The van der Waals surface area contributed by atoms with E-state index in [-0.39, 0.29) is 12.4 Å². The molecule has 0 spiro atoms. The van der Waals surface area contributed by atoms with Gasteiger partial charge in [0.25, 0.3) is 0 Å². The number of nitriles is 1. The Balaban J connectivity index is 0.00000242. The van der Waals surface area contributed by atoms with E-state index in [1.165, 1.54) is 0 Å². The molecule has 0 aliphatic rings. The first kappa shape index (κ1) is 17.5. The average Bonchev–Trinajstić information content (AvgIpc) is 2.53. The van der Waals surface area contributed by atoms with Crippen LogP contribution in [0.4, 0.5) is 0 Å². The lowest BCUT2D eigenvalue weighted by molar-refractivity contribution is -0.138. The normalized spacial score (nSPS) is 10.9. The lowest BCUT2D eigenvalue weighted by Crippen LogP contribution is -2.10. The van der Waals surface area contributed by atoms with Crippen LogP contribution >= 0.6 is 12.4 Å². The molecule has 0 amide bonds. The third-order valence-corrected chi connectivity index (χ3v) is 3.21. The molecule has 0 saturated carbocycles. The minimum absolute atomic E-state index is 0. The Bertz CT molecular complexity index is 680. The van der Waals surface area contributed by atoms with Crippen LogP contribution in [0.2, 0.25) is 0 Å². The van der Waals surface area contributed by atoms with Gasteiger partial charge in [0.05, 0.1) is 17.6 Å². The quantitative estimate of drug-likeness (QED) is 0.911. The summed E-state index contributed by atoms with van der Waals surface area (Å²) < 4.78 is 5.72. The first-order valence-electron chi connectivity index (χ1n) is 6.55. The fourth-order valence-corrected chi connectivity index (χ4v) is 1.96. The number of carboxylic acids is 1. The number of nitrogens with zero attached hydrogens (tertiary/aromatic N) is 1. The van der Waals surface area contributed by atoms with Gasteiger partial charge in [-0.1, -0.05) is 30.3 Å². The van der Waals surface area contributed by atoms with Crippen LogP contribution in [0.5, 0.6) is 5.75 Å². The van der Waals surface area contributed by atoms with E-state index >= 15 is 0 Å². The zero-order valence-electron chi connectivity index (χ0n) is 12.0. The number of benzene rings is 2. The summed E-state index contributed by atoms with van der Waals surface area (Å²) in [7, 11) is 0. The van der Waals surface area contributed by atoms with Crippen LogP contribution < -0.4 is 4.74 Å². The van der Waals surface area contributed by atoms with Gasteiger partial charge in [-0.2, -0.15) is 5.26 Å². The van der Waals surface area contributed by atoms with Crippen LogP contribution in [0.1, 0.15) is 29.5 Å². The summed E-state index contributed by atoms with van der Waals surface area (Å²) >= 11 is 0. The van der Waals surface area contributed by atoms with Crippen molar-refractivity contribution in [2.24, 2.45) is 0 Å². The highest BCUT2D eigenvalue weighted by molar-refractivity contribution is 5.85. The van der Waals surface area contributed by atoms with Gasteiger partial charge in [-0.25, -0.2) is 0 Å². The number of hydrogen-bond acceptors (Lipinski definition) is 3. The van der Waals surface area contributed by atoms with Crippen LogP contribution in [0, 0.1) is 11.3 Å². The van der Waals surface area contributed by atoms with E-state index in [2.05, 4.69) is 0 Å². The van der Waals surface area contributed by atoms with Gasteiger partial charge in [0, 0.05) is 5.56 Å². The van der Waals surface area contributed by atoms with Crippen molar-refractivity contribution in [1.29, 1.82) is 5.26 Å². The molecule has 2 rings (SSSR count). The molecule has 0 saturated heterocycles. The van der Waals surface area contributed by atoms with Crippen molar-refractivity contribution in [3.05, 3.63) is 65.2 Å². The van der Waals surface area contributed by atoms with Crippen LogP contribution in [-0.2, 0) is 11.4 Å². The second-order valence-corrected chi connectivity index (χ2v) is 4.70. The van der Waals surface area contributed by atoms with Gasteiger partial charge >= 0.3 is 5.97 Å². The second kappa shape index (κ2) is 8.06. The Morgan fingerprint density at radius 3 is 2.55 bits per heavy atom. The molecular formula is C17H16ClNO3. The fraction of sp³-hybridized carbons (Fsp3) is 0.176. The Kier molecular flexibility index (Phi) is 6.43. The van der Waals surface area contributed by atoms with E-state index in [1.807, 2.05) is 36.4 Å². The Labute approximate surface area is 135 Å². The lowest BCUT2D eigenvalue weighted by atomic mass is 9.98. The molecule has 0 bridgehead atoms. The number of carbonyl (C=O) groups is 1. The van der Waals surface area contributed by atoms with Gasteiger partial charge in [0.1, 0.15) is 12.4 Å². The van der Waals surface area contributed by atoms with Crippen molar-refractivity contribution < 1.29 is 14.6 Å². The Hall–Kier alpha value is -2.51. The third-order valence-electron chi connectivity index (χ3n) is 3.21. The second-order valence-electron chi connectivity index (χ2n) is 4.70. The molecule has 114 valence electrons. The van der Waals surface area contributed by atoms with Gasteiger partial charge in [-0.05, 0) is 30.7 Å². The first-order valence-corrected chi connectivity index (χ1v) is 6.55. The van der Waals surface area contributed by atoms with E-state index in [1.54, 1.807) is 25.1 Å². The summed E-state index contributed by atoms with van der Waals surface area (Å²) in [6.07, 6.45) is 0. The van der Waals surface area contributed by atoms with Gasteiger partial charge in [0.15, 0.2) is 0 Å². The van der Waals surface area contributed by atoms with Crippen LogP contribution in [0.15, 0.2) is 48.5 Å². The fourth-order valence-electron chi connectivity index (χ4n) is 1.96. The molecule has 1 atom stereocenters. The molecule has 22 heavy (non-hydrogen) atoms. The van der Waals surface area contributed by atoms with Crippen molar-refractivity contribution in [3.63, 3.8) is 0 Å². The van der Waals surface area contributed by atoms with Crippen LogP contribution in [-0.4, -0.2) is 11.1 Å². The van der Waals surface area contributed by atoms with Crippen molar-refractivity contribution in [2.45, 2.75) is 19.4 Å². The highest BCUT2D eigenvalue weighted by atomic mass is 35.5. The smallest absolute Gasteiger partial charge is 0.310 e. The third kappa shape index (κ3) is 4.24. The minimum Gasteiger partial charge on any atom is -0.489 e. The predicted molar refractivity (Wildman–Crippen MR) is 85.2 cm³/mol. The van der Waals surface area contributed by atoms with Crippen LogP contribution in [0.3, 0.4) is 0 Å². The zero-order valence-corrected chi connectivity index (χ0v) is 12.8. The van der Waals surface area contributed by atoms with Gasteiger partial charge in [0.2, 0.25) is 0 Å². The van der Waals surface area contributed by atoms with Crippen molar-refractivity contribution in [1.82, 2.24) is 0 Å². The molecule has 2 aromatic rings. The molecule has 0 fully saturated rings. The number of ether oxygens (including phenoxy) is 1. The SMILES string of the molecule is CC(C(=O)O)c1cc(C#N)ccc1OCc1ccccc1.Cl. The highest BCUT2D eigenvalue weighted by Gasteiger charge is 2.19. The molecule has 0 heterocycles. The van der Waals surface area contributed by atoms with Crippen molar-refractivity contribution >= 4 is 18.4 Å². The molecule has 5 heteroatoms. The molecule has 0 aliphatic heterocycles. The van der Waals surface area contributed by atoms with Gasteiger partial charge in [-0.3, -0.25) is 4.79 Å². The largest absolute Gasteiger partial charge is 0.489 e.